The van der Waals surface area contributed by atoms with Crippen LogP contribution in [-0.4, -0.2) is 4.98 Å². The molecule has 1 heterocycles. The highest BCUT2D eigenvalue weighted by molar-refractivity contribution is 5.08. The van der Waals surface area contributed by atoms with Crippen LogP contribution in [0.4, 0.5) is 0 Å². The first kappa shape index (κ1) is 8.27. The zero-order valence-electron chi connectivity index (χ0n) is 7.22. The number of nitrogens with two attached hydrogens (primary N) is 1. The highest BCUT2D eigenvalue weighted by atomic mass is 16.3. The molecule has 0 amide bonds. The van der Waals surface area contributed by atoms with Gasteiger partial charge in [-0.05, 0) is 0 Å². The Morgan fingerprint density at radius 1 is 1.55 bits per heavy atom. The van der Waals surface area contributed by atoms with Crippen LogP contribution in [-0.2, 0) is 12.0 Å². The van der Waals surface area contributed by atoms with Crippen LogP contribution in [0.5, 0.6) is 0 Å². The summed E-state index contributed by atoms with van der Waals surface area (Å²) in [5.74, 6) is 0.606. The summed E-state index contributed by atoms with van der Waals surface area (Å²) in [7, 11) is 0. The predicted molar refractivity (Wildman–Crippen MR) is 43.1 cm³/mol. The van der Waals surface area contributed by atoms with Crippen LogP contribution < -0.4 is 5.73 Å². The molecule has 1 aromatic heterocycles. The summed E-state index contributed by atoms with van der Waals surface area (Å²) in [5, 5.41) is 0. The molecule has 62 valence electrons. The van der Waals surface area contributed by atoms with Gasteiger partial charge in [-0.15, -0.1) is 0 Å². The zero-order valence-corrected chi connectivity index (χ0v) is 7.22. The van der Waals surface area contributed by atoms with E-state index in [4.69, 9.17) is 10.2 Å². The molecule has 0 aliphatic rings. The fourth-order valence-electron chi connectivity index (χ4n) is 0.749. The Labute approximate surface area is 66.6 Å². The third-order valence-electron chi connectivity index (χ3n) is 1.49. The third kappa shape index (κ3) is 1.80. The van der Waals surface area contributed by atoms with E-state index in [9.17, 15) is 0 Å². The first-order valence-corrected chi connectivity index (χ1v) is 3.69. The summed E-state index contributed by atoms with van der Waals surface area (Å²) in [4.78, 5) is 4.21. The van der Waals surface area contributed by atoms with Crippen molar-refractivity contribution in [3.05, 3.63) is 17.8 Å². The Morgan fingerprint density at radius 2 is 2.18 bits per heavy atom. The summed E-state index contributed by atoms with van der Waals surface area (Å²) in [6.07, 6.45) is 1.67. The van der Waals surface area contributed by atoms with E-state index in [0.717, 1.165) is 5.69 Å². The number of hydrogen-bond acceptors (Lipinski definition) is 3. The molecule has 1 aromatic rings. The molecule has 0 saturated carbocycles. The second-order valence-electron chi connectivity index (χ2n) is 3.58. The topological polar surface area (TPSA) is 52.0 Å². The van der Waals surface area contributed by atoms with E-state index in [0.29, 0.717) is 12.4 Å². The monoisotopic (exact) mass is 154 g/mol. The van der Waals surface area contributed by atoms with Gasteiger partial charge in [0.1, 0.15) is 6.26 Å². The molecule has 0 spiro atoms. The van der Waals surface area contributed by atoms with Gasteiger partial charge in [0.2, 0.25) is 5.89 Å². The average Bonchev–Trinajstić information content (AvgIpc) is 2.32. The average molecular weight is 154 g/mol. The summed E-state index contributed by atoms with van der Waals surface area (Å²) in [6.45, 7) is 6.64. The van der Waals surface area contributed by atoms with E-state index in [1.807, 2.05) is 0 Å². The number of nitrogens with zero attached hydrogens (tertiary/aromatic N) is 1. The Morgan fingerprint density at radius 3 is 2.45 bits per heavy atom. The van der Waals surface area contributed by atoms with Gasteiger partial charge in [-0.25, -0.2) is 4.98 Å². The maximum absolute atomic E-state index is 5.35. The molecule has 0 aliphatic heterocycles. The molecule has 1 rings (SSSR count). The number of oxazole rings is 1. The normalized spacial score (nSPS) is 12.0. The Kier molecular flexibility index (Phi) is 2.00. The second kappa shape index (κ2) is 2.66. The van der Waals surface area contributed by atoms with Crippen LogP contribution in [0.1, 0.15) is 32.4 Å². The van der Waals surface area contributed by atoms with E-state index >= 15 is 0 Å². The van der Waals surface area contributed by atoms with Crippen LogP contribution in [0, 0.1) is 0 Å². The van der Waals surface area contributed by atoms with E-state index in [1.165, 1.54) is 0 Å². The van der Waals surface area contributed by atoms with Crippen molar-refractivity contribution in [1.82, 2.24) is 4.98 Å². The lowest BCUT2D eigenvalue weighted by molar-refractivity contribution is 0.494. The highest BCUT2D eigenvalue weighted by Gasteiger charge is 2.17. The molecule has 2 N–H and O–H groups in total. The van der Waals surface area contributed by atoms with Gasteiger partial charge >= 0.3 is 0 Å². The molecule has 11 heavy (non-hydrogen) atoms. The lowest BCUT2D eigenvalue weighted by atomic mass is 9.93. The van der Waals surface area contributed by atoms with Gasteiger partial charge in [-0.3, -0.25) is 0 Å². The number of rotatable bonds is 1. The first-order chi connectivity index (χ1) is 5.04. The van der Waals surface area contributed by atoms with E-state index in [2.05, 4.69) is 25.8 Å². The van der Waals surface area contributed by atoms with Gasteiger partial charge < -0.3 is 10.2 Å². The van der Waals surface area contributed by atoms with Gasteiger partial charge in [0.25, 0.3) is 0 Å². The molecule has 3 nitrogen and oxygen atoms in total. The quantitative estimate of drug-likeness (QED) is 0.665. The third-order valence-corrected chi connectivity index (χ3v) is 1.49. The standard InChI is InChI=1S/C8H14N2O/c1-8(2,3)6-5-11-7(4-9)10-6/h5H,4,9H2,1-3H3. The van der Waals surface area contributed by atoms with E-state index in [-0.39, 0.29) is 5.41 Å². The molecular weight excluding hydrogens is 140 g/mol. The summed E-state index contributed by atoms with van der Waals surface area (Å²) in [5.41, 5.74) is 6.36. The van der Waals surface area contributed by atoms with Crippen molar-refractivity contribution < 1.29 is 4.42 Å². The van der Waals surface area contributed by atoms with Crippen molar-refractivity contribution in [3.63, 3.8) is 0 Å². The molecule has 0 bridgehead atoms. The Hall–Kier alpha value is -0.830. The van der Waals surface area contributed by atoms with Crippen molar-refractivity contribution in [2.75, 3.05) is 0 Å². The predicted octanol–water partition coefficient (Wildman–Crippen LogP) is 1.43. The van der Waals surface area contributed by atoms with Gasteiger partial charge in [-0.2, -0.15) is 0 Å². The van der Waals surface area contributed by atoms with Gasteiger partial charge in [0.05, 0.1) is 12.2 Å². The Bertz CT molecular complexity index is 234. The fraction of sp³-hybridized carbons (Fsp3) is 0.625. The van der Waals surface area contributed by atoms with E-state index in [1.54, 1.807) is 6.26 Å². The number of hydrogen-bond donors (Lipinski definition) is 1. The summed E-state index contributed by atoms with van der Waals surface area (Å²) in [6, 6.07) is 0. The minimum absolute atomic E-state index is 0.0525. The van der Waals surface area contributed by atoms with Crippen molar-refractivity contribution in [1.29, 1.82) is 0 Å². The number of aromatic nitrogens is 1. The maximum Gasteiger partial charge on any atom is 0.207 e. The highest BCUT2D eigenvalue weighted by Crippen LogP contribution is 2.20. The molecule has 0 fully saturated rings. The fourth-order valence-corrected chi connectivity index (χ4v) is 0.749. The van der Waals surface area contributed by atoms with Gasteiger partial charge in [0.15, 0.2) is 0 Å². The summed E-state index contributed by atoms with van der Waals surface area (Å²) >= 11 is 0. The smallest absolute Gasteiger partial charge is 0.207 e. The van der Waals surface area contributed by atoms with Crippen LogP contribution in [0.2, 0.25) is 0 Å². The molecule has 0 unspecified atom stereocenters. The molecule has 3 heteroatoms. The lowest BCUT2D eigenvalue weighted by Gasteiger charge is -2.12. The molecule has 0 saturated heterocycles. The van der Waals surface area contributed by atoms with Gasteiger partial charge in [-0.1, -0.05) is 20.8 Å². The Balaban J connectivity index is 2.89. The first-order valence-electron chi connectivity index (χ1n) is 3.69. The second-order valence-corrected chi connectivity index (χ2v) is 3.58. The van der Waals surface area contributed by atoms with E-state index < -0.39 is 0 Å². The van der Waals surface area contributed by atoms with Crippen LogP contribution in [0.15, 0.2) is 10.7 Å². The summed E-state index contributed by atoms with van der Waals surface area (Å²) < 4.78 is 5.10. The van der Waals surface area contributed by atoms with Crippen LogP contribution >= 0.6 is 0 Å². The zero-order chi connectivity index (χ0) is 8.48. The minimum atomic E-state index is 0.0525. The van der Waals surface area contributed by atoms with Crippen LogP contribution in [0.3, 0.4) is 0 Å². The molecular formula is C8H14N2O. The molecule has 0 radical (unpaired) electrons. The molecule has 0 atom stereocenters. The molecule has 0 aromatic carbocycles. The molecule has 0 aliphatic carbocycles. The largest absolute Gasteiger partial charge is 0.447 e. The SMILES string of the molecule is CC(C)(C)c1coc(CN)n1. The van der Waals surface area contributed by atoms with Crippen molar-refractivity contribution in [2.45, 2.75) is 32.7 Å². The van der Waals surface area contributed by atoms with Crippen molar-refractivity contribution in [3.8, 4) is 0 Å². The van der Waals surface area contributed by atoms with Crippen molar-refractivity contribution >= 4 is 0 Å². The van der Waals surface area contributed by atoms with Crippen LogP contribution in [0.25, 0.3) is 0 Å². The maximum atomic E-state index is 5.35. The van der Waals surface area contributed by atoms with Gasteiger partial charge in [0, 0.05) is 5.41 Å². The lowest BCUT2D eigenvalue weighted by Crippen LogP contribution is -2.11. The minimum Gasteiger partial charge on any atom is -0.447 e. The van der Waals surface area contributed by atoms with Crippen molar-refractivity contribution in [2.24, 2.45) is 5.73 Å².